The molecule has 0 radical (unpaired) electrons. The van der Waals surface area contributed by atoms with Crippen LogP contribution in [0.1, 0.15) is 25.8 Å². The lowest BCUT2D eigenvalue weighted by molar-refractivity contribution is 0.145. The van der Waals surface area contributed by atoms with E-state index in [0.717, 1.165) is 18.7 Å². The molecule has 1 fully saturated rings. The van der Waals surface area contributed by atoms with Gasteiger partial charge in [-0.05, 0) is 50.6 Å². The highest BCUT2D eigenvalue weighted by Gasteiger charge is 2.28. The number of rotatable bonds is 2. The van der Waals surface area contributed by atoms with Crippen molar-refractivity contribution in [3.8, 4) is 6.07 Å². The molecule has 1 saturated heterocycles. The molecular formula is C15H21N3. The molecule has 3 atom stereocenters. The van der Waals surface area contributed by atoms with Crippen LogP contribution in [0.25, 0.3) is 0 Å². The molecule has 0 aromatic heterocycles. The highest BCUT2D eigenvalue weighted by atomic mass is 15.2. The number of hydrogen-bond acceptors (Lipinski definition) is 3. The molecule has 1 aromatic rings. The van der Waals surface area contributed by atoms with Gasteiger partial charge in [0.05, 0.1) is 11.6 Å². The third kappa shape index (κ3) is 2.83. The second kappa shape index (κ2) is 5.41. The predicted octanol–water partition coefficient (Wildman–Crippen LogP) is 2.70. The van der Waals surface area contributed by atoms with E-state index in [1.54, 1.807) is 0 Å². The van der Waals surface area contributed by atoms with E-state index in [0.29, 0.717) is 23.6 Å². The van der Waals surface area contributed by atoms with Crippen LogP contribution in [0.5, 0.6) is 0 Å². The Hall–Kier alpha value is -1.53. The van der Waals surface area contributed by atoms with E-state index in [4.69, 9.17) is 5.26 Å². The van der Waals surface area contributed by atoms with Gasteiger partial charge in [-0.1, -0.05) is 6.92 Å². The van der Waals surface area contributed by atoms with Gasteiger partial charge in [-0.2, -0.15) is 5.26 Å². The van der Waals surface area contributed by atoms with Crippen molar-refractivity contribution in [1.82, 2.24) is 4.90 Å². The van der Waals surface area contributed by atoms with E-state index in [2.05, 4.69) is 37.2 Å². The summed E-state index contributed by atoms with van der Waals surface area (Å²) in [7, 11) is 2.19. The number of piperidine rings is 1. The lowest BCUT2D eigenvalue weighted by atomic mass is 9.89. The topological polar surface area (TPSA) is 39.1 Å². The Morgan fingerprint density at radius 2 is 1.94 bits per heavy atom. The van der Waals surface area contributed by atoms with Crippen molar-refractivity contribution in [2.75, 3.05) is 18.9 Å². The Morgan fingerprint density at radius 3 is 2.56 bits per heavy atom. The summed E-state index contributed by atoms with van der Waals surface area (Å²) in [5.41, 5.74) is 1.83. The van der Waals surface area contributed by atoms with E-state index < -0.39 is 0 Å². The molecule has 0 amide bonds. The number of nitrogens with zero attached hydrogens (tertiary/aromatic N) is 2. The Bertz CT molecular complexity index is 432. The highest BCUT2D eigenvalue weighted by Crippen LogP contribution is 2.24. The second-order valence-corrected chi connectivity index (χ2v) is 5.44. The molecule has 3 heteroatoms. The maximum Gasteiger partial charge on any atom is 0.0991 e. The predicted molar refractivity (Wildman–Crippen MR) is 74.4 cm³/mol. The largest absolute Gasteiger partial charge is 0.382 e. The first-order valence-corrected chi connectivity index (χ1v) is 6.57. The average Bonchev–Trinajstić information content (AvgIpc) is 2.37. The fourth-order valence-corrected chi connectivity index (χ4v) is 2.60. The summed E-state index contributed by atoms with van der Waals surface area (Å²) in [4.78, 5) is 2.42. The summed E-state index contributed by atoms with van der Waals surface area (Å²) in [5, 5.41) is 12.4. The second-order valence-electron chi connectivity index (χ2n) is 5.44. The molecule has 1 aromatic carbocycles. The first-order valence-electron chi connectivity index (χ1n) is 6.57. The number of nitrogens with one attached hydrogen (secondary N) is 1. The monoisotopic (exact) mass is 243 g/mol. The average molecular weight is 243 g/mol. The van der Waals surface area contributed by atoms with Crippen molar-refractivity contribution < 1.29 is 0 Å². The standard InChI is InChI=1S/C15H21N3/c1-11-10-18(3)12(2)8-15(11)17-14-6-4-13(9-16)5-7-14/h4-7,11-12,15,17H,8,10H2,1-3H3. The third-order valence-corrected chi connectivity index (χ3v) is 3.98. The zero-order chi connectivity index (χ0) is 13.1. The molecule has 0 spiro atoms. The number of benzene rings is 1. The van der Waals surface area contributed by atoms with Gasteiger partial charge in [-0.15, -0.1) is 0 Å². The van der Waals surface area contributed by atoms with Gasteiger partial charge in [0.25, 0.3) is 0 Å². The van der Waals surface area contributed by atoms with Gasteiger partial charge in [-0.3, -0.25) is 0 Å². The Balaban J connectivity index is 2.02. The summed E-state index contributed by atoms with van der Waals surface area (Å²) in [6, 6.07) is 11.0. The first-order chi connectivity index (χ1) is 8.60. The van der Waals surface area contributed by atoms with Gasteiger partial charge in [0.2, 0.25) is 0 Å². The number of likely N-dealkylation sites (tertiary alicyclic amines) is 1. The minimum atomic E-state index is 0.518. The maximum atomic E-state index is 8.78. The maximum absolute atomic E-state index is 8.78. The van der Waals surface area contributed by atoms with Gasteiger partial charge in [0, 0.05) is 24.3 Å². The summed E-state index contributed by atoms with van der Waals surface area (Å²) in [6.45, 7) is 5.71. The van der Waals surface area contributed by atoms with Crippen molar-refractivity contribution in [3.63, 3.8) is 0 Å². The molecule has 3 unspecified atom stereocenters. The van der Waals surface area contributed by atoms with Crippen molar-refractivity contribution in [1.29, 1.82) is 5.26 Å². The molecule has 1 heterocycles. The quantitative estimate of drug-likeness (QED) is 0.868. The van der Waals surface area contributed by atoms with E-state index >= 15 is 0 Å². The molecule has 0 saturated carbocycles. The van der Waals surface area contributed by atoms with Crippen LogP contribution in [0.4, 0.5) is 5.69 Å². The number of anilines is 1. The van der Waals surface area contributed by atoms with Crippen molar-refractivity contribution in [3.05, 3.63) is 29.8 Å². The first kappa shape index (κ1) is 12.9. The Labute approximate surface area is 109 Å². The molecule has 96 valence electrons. The highest BCUT2D eigenvalue weighted by molar-refractivity contribution is 5.48. The van der Waals surface area contributed by atoms with Crippen LogP contribution in [-0.4, -0.2) is 30.6 Å². The zero-order valence-corrected chi connectivity index (χ0v) is 11.4. The summed E-state index contributed by atoms with van der Waals surface area (Å²) in [6.07, 6.45) is 1.16. The lowest BCUT2D eigenvalue weighted by Crippen LogP contribution is -2.48. The van der Waals surface area contributed by atoms with E-state index in [-0.39, 0.29) is 0 Å². The van der Waals surface area contributed by atoms with Crippen molar-refractivity contribution in [2.24, 2.45) is 5.92 Å². The molecular weight excluding hydrogens is 222 g/mol. The van der Waals surface area contributed by atoms with Gasteiger partial charge in [-0.25, -0.2) is 0 Å². The minimum Gasteiger partial charge on any atom is -0.382 e. The Kier molecular flexibility index (Phi) is 3.88. The van der Waals surface area contributed by atoms with Gasteiger partial charge in [0.1, 0.15) is 0 Å². The number of hydrogen-bond donors (Lipinski definition) is 1. The van der Waals surface area contributed by atoms with Crippen LogP contribution < -0.4 is 5.32 Å². The van der Waals surface area contributed by atoms with Gasteiger partial charge >= 0.3 is 0 Å². The molecule has 1 N–H and O–H groups in total. The molecule has 18 heavy (non-hydrogen) atoms. The molecule has 0 bridgehead atoms. The van der Waals surface area contributed by atoms with Crippen molar-refractivity contribution >= 4 is 5.69 Å². The van der Waals surface area contributed by atoms with Crippen LogP contribution in [0.3, 0.4) is 0 Å². The fraction of sp³-hybridized carbons (Fsp3) is 0.533. The minimum absolute atomic E-state index is 0.518. The van der Waals surface area contributed by atoms with Crippen LogP contribution in [0.2, 0.25) is 0 Å². The zero-order valence-electron chi connectivity index (χ0n) is 11.4. The number of nitriles is 1. The smallest absolute Gasteiger partial charge is 0.0991 e. The normalized spacial score (nSPS) is 28.7. The molecule has 1 aliphatic rings. The van der Waals surface area contributed by atoms with Gasteiger partial charge in [0.15, 0.2) is 0 Å². The summed E-state index contributed by atoms with van der Waals surface area (Å²) < 4.78 is 0. The van der Waals surface area contributed by atoms with Crippen LogP contribution in [0.15, 0.2) is 24.3 Å². The summed E-state index contributed by atoms with van der Waals surface area (Å²) >= 11 is 0. The summed E-state index contributed by atoms with van der Waals surface area (Å²) in [5.74, 6) is 0.641. The van der Waals surface area contributed by atoms with E-state index in [1.165, 1.54) is 0 Å². The van der Waals surface area contributed by atoms with Crippen LogP contribution in [-0.2, 0) is 0 Å². The van der Waals surface area contributed by atoms with Gasteiger partial charge < -0.3 is 10.2 Å². The Morgan fingerprint density at radius 1 is 1.28 bits per heavy atom. The molecule has 0 aliphatic carbocycles. The van der Waals surface area contributed by atoms with Crippen LogP contribution in [0, 0.1) is 17.2 Å². The molecule has 2 rings (SSSR count). The fourth-order valence-electron chi connectivity index (χ4n) is 2.60. The lowest BCUT2D eigenvalue weighted by Gasteiger charge is -2.40. The van der Waals surface area contributed by atoms with E-state index in [1.807, 2.05) is 24.3 Å². The molecule has 1 aliphatic heterocycles. The van der Waals surface area contributed by atoms with Crippen LogP contribution >= 0.6 is 0 Å². The molecule has 3 nitrogen and oxygen atoms in total. The SMILES string of the molecule is CC1CN(C)C(C)CC1Nc1ccc(C#N)cc1. The van der Waals surface area contributed by atoms with E-state index in [9.17, 15) is 0 Å². The third-order valence-electron chi connectivity index (χ3n) is 3.98. The van der Waals surface area contributed by atoms with Crippen molar-refractivity contribution in [2.45, 2.75) is 32.4 Å².